The quantitative estimate of drug-likeness (QED) is 0.0825. The smallest absolute Gasteiger partial charge is 0.134 e. The first kappa shape index (κ1) is 55.2. The third-order valence-electron chi connectivity index (χ3n) is 15.3. The van der Waals surface area contributed by atoms with E-state index in [1.54, 1.807) is 12.4 Å². The predicted molar refractivity (Wildman–Crippen MR) is 316 cm³/mol. The summed E-state index contributed by atoms with van der Waals surface area (Å²) in [5.74, 6) is 3.79. The zero-order valence-electron chi connectivity index (χ0n) is 45.0. The van der Waals surface area contributed by atoms with E-state index in [1.807, 2.05) is 72.8 Å². The number of pyridine rings is 6. The minimum absolute atomic E-state index is 0.665. The largest absolute Gasteiger partial charge is 0.397 e. The van der Waals surface area contributed by atoms with Crippen molar-refractivity contribution in [3.05, 3.63) is 130 Å². The van der Waals surface area contributed by atoms with Gasteiger partial charge in [0.15, 0.2) is 0 Å². The highest BCUT2D eigenvalue weighted by Crippen LogP contribution is 2.39. The molecule has 396 valence electrons. The Morgan fingerprint density at radius 2 is 0.987 bits per heavy atom. The van der Waals surface area contributed by atoms with Gasteiger partial charge in [0.1, 0.15) is 27.3 Å². The van der Waals surface area contributed by atoms with Gasteiger partial charge in [0, 0.05) is 72.9 Å². The first-order valence-corrected chi connectivity index (χ1v) is 28.9. The average molecular weight is 1140 g/mol. The number of nitrogen functional groups attached to an aromatic ring is 2. The van der Waals surface area contributed by atoms with E-state index in [0.29, 0.717) is 17.8 Å². The summed E-state index contributed by atoms with van der Waals surface area (Å²) in [7, 11) is 6.06. The molecular weight excluding hydrogens is 1060 g/mol. The molecule has 0 aromatic carbocycles. The second kappa shape index (κ2) is 26.2. The molecule has 8 aromatic rings. The lowest BCUT2D eigenvalue weighted by molar-refractivity contribution is 0.411. The molecule has 0 bridgehead atoms. The lowest BCUT2D eigenvalue weighted by Gasteiger charge is -2.27. The van der Waals surface area contributed by atoms with Gasteiger partial charge in [-0.2, -0.15) is 0 Å². The second-order valence-corrected chi connectivity index (χ2v) is 22.4. The normalized spacial score (nSPS) is 15.3. The Balaban J connectivity index is 0.000000135. The van der Waals surface area contributed by atoms with Gasteiger partial charge in [-0.15, -0.1) is 0 Å². The van der Waals surface area contributed by atoms with Crippen molar-refractivity contribution in [3.8, 4) is 0 Å². The van der Waals surface area contributed by atoms with Crippen LogP contribution in [0.3, 0.4) is 0 Å². The molecule has 8 heterocycles. The van der Waals surface area contributed by atoms with Gasteiger partial charge in [0.25, 0.3) is 0 Å². The van der Waals surface area contributed by atoms with Crippen molar-refractivity contribution >= 4 is 88.3 Å². The fourth-order valence-electron chi connectivity index (χ4n) is 9.33. The monoisotopic (exact) mass is 1140 g/mol. The van der Waals surface area contributed by atoms with Crippen LogP contribution in [0.5, 0.6) is 0 Å². The zero-order valence-corrected chi connectivity index (χ0v) is 48.2. The van der Waals surface area contributed by atoms with E-state index in [4.69, 9.17) is 16.5 Å². The van der Waals surface area contributed by atoms with E-state index in [-0.39, 0.29) is 0 Å². The first-order chi connectivity index (χ1) is 36.3. The molecule has 12 rings (SSSR count). The molecule has 0 spiro atoms. The van der Waals surface area contributed by atoms with Crippen LogP contribution in [-0.2, 0) is 39.8 Å². The highest BCUT2D eigenvalue weighted by molar-refractivity contribution is 9.10. The SMILES string of the molecule is BrC1CCC1.CCc1cc(Br)ncc1N.CCc1cc(C2CCC2)ncc1N.CCc1cc(C2CCC2)ncc1N(C)c1cc2c(cn1)ncn2C.CCc1cc(C2CCC2)ncc1Nc1cc2c(cn1)ncn2C. The van der Waals surface area contributed by atoms with Crippen molar-refractivity contribution in [1.29, 1.82) is 0 Å². The molecule has 14 nitrogen and oxygen atoms in total. The highest BCUT2D eigenvalue weighted by Gasteiger charge is 2.24. The van der Waals surface area contributed by atoms with Crippen LogP contribution >= 0.6 is 31.9 Å². The number of rotatable bonds is 11. The Morgan fingerprint density at radius 1 is 0.533 bits per heavy atom. The molecule has 0 unspecified atom stereocenters. The molecule has 75 heavy (non-hydrogen) atoms. The van der Waals surface area contributed by atoms with Crippen LogP contribution in [0, 0.1) is 0 Å². The molecule has 4 fully saturated rings. The Kier molecular flexibility index (Phi) is 19.3. The van der Waals surface area contributed by atoms with Crippen molar-refractivity contribution < 1.29 is 0 Å². The fourth-order valence-corrected chi connectivity index (χ4v) is 10.4. The Hall–Kier alpha value is -6.00. The molecule has 4 aliphatic rings. The number of hydrogen-bond acceptors (Lipinski definition) is 12. The van der Waals surface area contributed by atoms with Crippen molar-refractivity contribution in [2.75, 3.05) is 28.7 Å². The van der Waals surface area contributed by atoms with E-state index in [1.165, 1.54) is 111 Å². The number of nitrogens with zero attached hydrogens (tertiary/aromatic N) is 11. The van der Waals surface area contributed by atoms with Gasteiger partial charge in [-0.05, 0) is 139 Å². The van der Waals surface area contributed by atoms with Crippen LogP contribution in [0.1, 0.15) is 162 Å². The summed E-state index contributed by atoms with van der Waals surface area (Å²) >= 11 is 6.73. The van der Waals surface area contributed by atoms with Gasteiger partial charge in [-0.25, -0.2) is 24.9 Å². The lowest BCUT2D eigenvalue weighted by atomic mass is 9.82. The second-order valence-electron chi connectivity index (χ2n) is 20.3. The van der Waals surface area contributed by atoms with E-state index in [9.17, 15) is 0 Å². The number of alkyl halides is 1. The van der Waals surface area contributed by atoms with Crippen molar-refractivity contribution in [2.24, 2.45) is 14.1 Å². The van der Waals surface area contributed by atoms with Crippen molar-refractivity contribution in [3.63, 3.8) is 0 Å². The summed E-state index contributed by atoms with van der Waals surface area (Å²) in [5.41, 5.74) is 28.0. The van der Waals surface area contributed by atoms with Gasteiger partial charge < -0.3 is 30.8 Å². The summed E-state index contributed by atoms with van der Waals surface area (Å²) in [5, 5.41) is 3.42. The maximum absolute atomic E-state index is 5.80. The zero-order chi connectivity index (χ0) is 53.0. The number of anilines is 6. The molecule has 0 atom stereocenters. The van der Waals surface area contributed by atoms with Gasteiger partial charge >= 0.3 is 0 Å². The molecule has 4 aliphatic carbocycles. The summed E-state index contributed by atoms with van der Waals surface area (Å²) in [6, 6.07) is 12.8. The molecule has 8 aromatic heterocycles. The van der Waals surface area contributed by atoms with E-state index in [0.717, 1.165) is 97.1 Å². The molecule has 5 N–H and O–H groups in total. The number of halogens is 2. The van der Waals surface area contributed by atoms with E-state index in [2.05, 4.69) is 136 Å². The van der Waals surface area contributed by atoms with Gasteiger partial charge in [-0.3, -0.25) is 15.0 Å². The molecule has 4 saturated carbocycles. The van der Waals surface area contributed by atoms with Crippen LogP contribution in [-0.4, -0.2) is 60.9 Å². The third kappa shape index (κ3) is 13.9. The number of hydrogen-bond donors (Lipinski definition) is 3. The van der Waals surface area contributed by atoms with Crippen molar-refractivity contribution in [1.82, 2.24) is 49.0 Å². The number of nitrogens with one attached hydrogen (secondary N) is 1. The van der Waals surface area contributed by atoms with E-state index < -0.39 is 0 Å². The molecule has 0 aliphatic heterocycles. The molecule has 0 saturated heterocycles. The highest BCUT2D eigenvalue weighted by atomic mass is 79.9. The van der Waals surface area contributed by atoms with Gasteiger partial charge in [-0.1, -0.05) is 69.3 Å². The number of aromatic nitrogens is 10. The summed E-state index contributed by atoms with van der Waals surface area (Å²) < 4.78 is 4.87. The molecular formula is C59H76Br2N14. The number of fused-ring (bicyclic) bond motifs is 2. The minimum atomic E-state index is 0.665. The van der Waals surface area contributed by atoms with Crippen LogP contribution in [0.4, 0.5) is 34.4 Å². The topological polar surface area (TPSA) is 180 Å². The summed E-state index contributed by atoms with van der Waals surface area (Å²) in [4.78, 5) is 38.5. The van der Waals surface area contributed by atoms with Gasteiger partial charge in [0.2, 0.25) is 0 Å². The Bertz CT molecular complexity index is 3130. The first-order valence-electron chi connectivity index (χ1n) is 27.2. The lowest BCUT2D eigenvalue weighted by Crippen LogP contribution is -2.16. The Morgan fingerprint density at radius 3 is 1.48 bits per heavy atom. The van der Waals surface area contributed by atoms with Crippen LogP contribution in [0.25, 0.3) is 22.1 Å². The average Bonchev–Trinajstić information content (AvgIpc) is 3.94. The molecule has 0 amide bonds. The molecule has 16 heteroatoms. The van der Waals surface area contributed by atoms with Crippen LogP contribution in [0.15, 0.2) is 90.8 Å². The molecule has 0 radical (unpaired) electrons. The standard InChI is InChI=1S/C19H23N5.C18H21N5.C11H16N2.C7H9BrN2.C4H7Br/c1-4-13-8-15(14-6-5-7-14)20-11-18(13)24(3)19-9-17-16(10-21-19)22-12-23(17)2;1-3-12-7-14(13-5-4-6-13)19-9-15(12)22-18-8-17-16(10-20-18)21-11-23(17)2;1-2-8-6-11(9-4-3-5-9)13-7-10(8)12;1-2-5-3-7(8)10-4-6(5)9;5-4-2-1-3-4/h8-12,14H,4-7H2,1-3H3;7-11,13H,3-6H2,1-2H3,(H,20,22);6-7,9H,2-5,12H2,1H3;3-4H,2,9H2,1H3;4H,1-3H2. The summed E-state index contributed by atoms with van der Waals surface area (Å²) in [6.07, 6.45) is 34.7. The third-order valence-corrected chi connectivity index (χ3v) is 16.7. The minimum Gasteiger partial charge on any atom is -0.397 e. The van der Waals surface area contributed by atoms with Crippen LogP contribution < -0.4 is 21.7 Å². The maximum atomic E-state index is 5.80. The van der Waals surface area contributed by atoms with Crippen LogP contribution in [0.2, 0.25) is 0 Å². The maximum Gasteiger partial charge on any atom is 0.134 e. The van der Waals surface area contributed by atoms with Gasteiger partial charge in [0.05, 0.1) is 83.6 Å². The fraction of sp³-hybridized carbons (Fsp3) is 0.458. The number of aryl methyl sites for hydroxylation is 6. The van der Waals surface area contributed by atoms with E-state index >= 15 is 0 Å². The Labute approximate surface area is 460 Å². The number of nitrogens with two attached hydrogens (primary N) is 2. The van der Waals surface area contributed by atoms with Crippen molar-refractivity contribution in [2.45, 2.75) is 153 Å². The predicted octanol–water partition coefficient (Wildman–Crippen LogP) is 14.3. The summed E-state index contributed by atoms with van der Waals surface area (Å²) in [6.45, 7) is 8.59. The number of imidazole rings is 2.